The van der Waals surface area contributed by atoms with Gasteiger partial charge in [-0.2, -0.15) is 0 Å². The van der Waals surface area contributed by atoms with E-state index in [1.165, 1.54) is 5.57 Å². The van der Waals surface area contributed by atoms with E-state index in [0.717, 1.165) is 57.1 Å². The predicted octanol–water partition coefficient (Wildman–Crippen LogP) is 7.86. The molecule has 5 aliphatic carbocycles. The minimum atomic E-state index is -0.677. The van der Waals surface area contributed by atoms with Crippen LogP contribution in [-0.4, -0.2) is 35.9 Å². The third-order valence-electron chi connectivity index (χ3n) is 14.5. The van der Waals surface area contributed by atoms with E-state index < -0.39 is 22.7 Å². The van der Waals surface area contributed by atoms with Crippen molar-refractivity contribution in [1.82, 2.24) is 5.32 Å². The Balaban J connectivity index is 1.29. The Kier molecular flexibility index (Phi) is 7.69. The van der Waals surface area contributed by atoms with Gasteiger partial charge in [-0.05, 0) is 109 Å². The van der Waals surface area contributed by atoms with Crippen LogP contribution in [-0.2, 0) is 14.4 Å². The lowest BCUT2D eigenvalue weighted by atomic mass is 9.33. The summed E-state index contributed by atoms with van der Waals surface area (Å²) in [5.41, 5.74) is -0.0359. The number of aliphatic carboxylic acids is 1. The van der Waals surface area contributed by atoms with Crippen LogP contribution in [0.3, 0.4) is 0 Å². The number of amides is 1. The monoisotopic (exact) mass is 617 g/mol. The number of para-hydroxylation sites is 1. The number of benzene rings is 1. The number of carbonyl (C=O) groups is 3. The van der Waals surface area contributed by atoms with E-state index in [-0.39, 0.29) is 45.2 Å². The molecule has 4 unspecified atom stereocenters. The van der Waals surface area contributed by atoms with E-state index in [1.807, 2.05) is 30.3 Å². The smallest absolute Gasteiger partial charge is 0.310 e. The van der Waals surface area contributed by atoms with Crippen LogP contribution >= 0.6 is 0 Å². The van der Waals surface area contributed by atoms with Crippen LogP contribution in [0.25, 0.3) is 0 Å². The van der Waals surface area contributed by atoms with Crippen molar-refractivity contribution in [2.75, 3.05) is 13.2 Å². The lowest BCUT2D eigenvalue weighted by molar-refractivity contribution is -0.195. The molecule has 0 spiro atoms. The number of nitrogens with one attached hydrogen (secondary N) is 1. The number of allylic oxidation sites excluding steroid dienone is 2. The molecule has 0 bridgehead atoms. The summed E-state index contributed by atoms with van der Waals surface area (Å²) >= 11 is 0. The molecule has 4 saturated carbocycles. The van der Waals surface area contributed by atoms with Gasteiger partial charge in [-0.15, -0.1) is 0 Å². The molecule has 0 saturated heterocycles. The van der Waals surface area contributed by atoms with Gasteiger partial charge >= 0.3 is 5.97 Å². The molecule has 8 atom stereocenters. The summed E-state index contributed by atoms with van der Waals surface area (Å²) in [6.07, 6.45) is 10.2. The molecule has 0 aliphatic heterocycles. The number of fused-ring (bicyclic) bond motifs is 7. The van der Waals surface area contributed by atoms with Gasteiger partial charge in [-0.25, -0.2) is 0 Å². The summed E-state index contributed by atoms with van der Waals surface area (Å²) in [6.45, 7) is 16.8. The van der Waals surface area contributed by atoms with Crippen LogP contribution in [0.15, 0.2) is 42.0 Å². The van der Waals surface area contributed by atoms with E-state index in [1.54, 1.807) is 0 Å². The van der Waals surface area contributed by atoms with Crippen molar-refractivity contribution in [2.24, 2.45) is 56.2 Å². The Morgan fingerprint density at radius 2 is 1.60 bits per heavy atom. The van der Waals surface area contributed by atoms with Crippen molar-refractivity contribution in [3.05, 3.63) is 42.0 Å². The molecule has 246 valence electrons. The summed E-state index contributed by atoms with van der Waals surface area (Å²) in [5, 5.41) is 13.7. The highest BCUT2D eigenvalue weighted by molar-refractivity contribution is 6.04. The third kappa shape index (κ3) is 4.74. The fraction of sp³-hybridized carbons (Fsp3) is 0.718. The molecule has 5 aliphatic rings. The van der Waals surface area contributed by atoms with Crippen molar-refractivity contribution in [3.8, 4) is 5.75 Å². The Morgan fingerprint density at radius 1 is 0.911 bits per heavy atom. The maximum Gasteiger partial charge on any atom is 0.310 e. The van der Waals surface area contributed by atoms with Gasteiger partial charge in [0.25, 0.3) is 0 Å². The lowest BCUT2D eigenvalue weighted by Gasteiger charge is -2.70. The largest absolute Gasteiger partial charge is 0.492 e. The first-order valence-corrected chi connectivity index (χ1v) is 17.5. The molecular weight excluding hydrogens is 562 g/mol. The average Bonchev–Trinajstić information content (AvgIpc) is 2.97. The Bertz CT molecular complexity index is 1400. The van der Waals surface area contributed by atoms with E-state index in [4.69, 9.17) is 4.74 Å². The second kappa shape index (κ2) is 10.7. The quantitative estimate of drug-likeness (QED) is 0.193. The van der Waals surface area contributed by atoms with Crippen molar-refractivity contribution in [3.63, 3.8) is 0 Å². The zero-order valence-electron chi connectivity index (χ0n) is 28.6. The fourth-order valence-corrected chi connectivity index (χ4v) is 11.8. The van der Waals surface area contributed by atoms with Crippen LogP contribution in [0, 0.1) is 56.2 Å². The van der Waals surface area contributed by atoms with E-state index >= 15 is 0 Å². The van der Waals surface area contributed by atoms with Gasteiger partial charge in [0.15, 0.2) is 5.78 Å². The molecule has 1 amide bonds. The number of ketones is 1. The maximum absolute atomic E-state index is 14.0. The third-order valence-corrected chi connectivity index (χ3v) is 14.5. The SMILES string of the molecule is CC1(C)CC[C@]2(C(=O)O)CC[C@]3(C)C(=CCC4[C@@]5(C)CC(C(=O)NCCOc6ccccc6)C(=O)C(C)(C)C5CC[C@]43C)C2C1. The highest BCUT2D eigenvalue weighted by Gasteiger charge is 2.70. The number of Topliss-reactive ketones (excluding diaryl/α,β-unsaturated/α-hetero) is 1. The molecule has 6 heteroatoms. The van der Waals surface area contributed by atoms with Crippen molar-refractivity contribution < 1.29 is 24.2 Å². The molecule has 0 heterocycles. The molecule has 4 fully saturated rings. The van der Waals surface area contributed by atoms with Crippen molar-refractivity contribution >= 4 is 17.7 Å². The number of rotatable bonds is 6. The van der Waals surface area contributed by atoms with Crippen LogP contribution in [0.5, 0.6) is 5.75 Å². The lowest BCUT2D eigenvalue weighted by Crippen LogP contribution is -2.66. The van der Waals surface area contributed by atoms with Gasteiger partial charge in [0, 0.05) is 5.41 Å². The Labute approximate surface area is 270 Å². The molecule has 1 aromatic carbocycles. The molecule has 6 rings (SSSR count). The molecule has 45 heavy (non-hydrogen) atoms. The summed E-state index contributed by atoms with van der Waals surface area (Å²) in [4.78, 5) is 40.7. The van der Waals surface area contributed by atoms with Crippen LogP contribution in [0.2, 0.25) is 0 Å². The number of ether oxygens (including phenoxy) is 1. The van der Waals surface area contributed by atoms with Crippen LogP contribution in [0.4, 0.5) is 0 Å². The zero-order valence-corrected chi connectivity index (χ0v) is 28.6. The van der Waals surface area contributed by atoms with Gasteiger partial charge in [0.2, 0.25) is 5.91 Å². The molecule has 2 N–H and O–H groups in total. The summed E-state index contributed by atoms with van der Waals surface area (Å²) in [7, 11) is 0. The Hall–Kier alpha value is -2.63. The van der Waals surface area contributed by atoms with E-state index in [0.29, 0.717) is 25.5 Å². The predicted molar refractivity (Wildman–Crippen MR) is 176 cm³/mol. The standard InChI is InChI=1S/C39H55NO5/c1-34(2)17-19-39(33(43)44)20-18-37(6)27(28(39)24-34)13-14-30-36(5)23-26(31(41)35(3,4)29(36)15-16-38(30,37)7)32(42)40-21-22-45-25-11-9-8-10-12-25/h8-13,26,28-30H,14-24H2,1-7H3,(H,40,42)(H,43,44)/t26?,28?,29?,30?,36-,37+,38+,39-/m0/s1. The van der Waals surface area contributed by atoms with Crippen LogP contribution < -0.4 is 10.1 Å². The van der Waals surface area contributed by atoms with Gasteiger partial charge in [0.1, 0.15) is 12.4 Å². The molecule has 1 aromatic rings. The minimum Gasteiger partial charge on any atom is -0.492 e. The first kappa shape index (κ1) is 32.3. The topological polar surface area (TPSA) is 92.7 Å². The first-order chi connectivity index (χ1) is 21.0. The average molecular weight is 618 g/mol. The molecule has 0 aromatic heterocycles. The normalized spacial score (nSPS) is 41.3. The van der Waals surface area contributed by atoms with Crippen molar-refractivity contribution in [1.29, 1.82) is 0 Å². The maximum atomic E-state index is 14.0. The second-order valence-electron chi connectivity index (χ2n) is 17.5. The highest BCUT2D eigenvalue weighted by Crippen LogP contribution is 2.75. The number of carboxylic acid groups (broad SMARTS) is 1. The number of carboxylic acids is 1. The number of hydrogen-bond donors (Lipinski definition) is 2. The van der Waals surface area contributed by atoms with E-state index in [2.05, 4.69) is 59.9 Å². The Morgan fingerprint density at radius 3 is 2.29 bits per heavy atom. The summed E-state index contributed by atoms with van der Waals surface area (Å²) in [5.74, 6) is -0.0397. The van der Waals surface area contributed by atoms with Crippen LogP contribution in [0.1, 0.15) is 106 Å². The second-order valence-corrected chi connectivity index (χ2v) is 17.5. The van der Waals surface area contributed by atoms with Crippen molar-refractivity contribution in [2.45, 2.75) is 106 Å². The fourth-order valence-electron chi connectivity index (χ4n) is 11.8. The van der Waals surface area contributed by atoms with Gasteiger partial charge in [-0.1, -0.05) is 78.3 Å². The van der Waals surface area contributed by atoms with Gasteiger partial charge < -0.3 is 15.2 Å². The first-order valence-electron chi connectivity index (χ1n) is 17.5. The minimum absolute atomic E-state index is 0.0321. The summed E-state index contributed by atoms with van der Waals surface area (Å²) < 4.78 is 5.79. The van der Waals surface area contributed by atoms with Gasteiger partial charge in [0.05, 0.1) is 17.9 Å². The zero-order chi connectivity index (χ0) is 32.6. The molecule has 6 nitrogen and oxygen atoms in total. The van der Waals surface area contributed by atoms with E-state index in [9.17, 15) is 19.5 Å². The summed E-state index contributed by atoms with van der Waals surface area (Å²) in [6, 6.07) is 9.56. The molecule has 0 radical (unpaired) electrons. The molecular formula is C39H55NO5. The van der Waals surface area contributed by atoms with Gasteiger partial charge in [-0.3, -0.25) is 14.4 Å². The number of hydrogen-bond acceptors (Lipinski definition) is 4. The number of carbonyl (C=O) groups excluding carboxylic acids is 2. The highest BCUT2D eigenvalue weighted by atomic mass is 16.5.